The van der Waals surface area contributed by atoms with Crippen LogP contribution in [-0.2, 0) is 7.05 Å². The fourth-order valence-corrected chi connectivity index (χ4v) is 1.36. The molecule has 0 bridgehead atoms. The molecule has 2 aromatic rings. The molecule has 0 fully saturated rings. The predicted octanol–water partition coefficient (Wildman–Crippen LogP) is 1.36. The normalized spacial score (nSPS) is 12.7. The second kappa shape index (κ2) is 3.57. The van der Waals surface area contributed by atoms with Gasteiger partial charge in [0.15, 0.2) is 5.82 Å². The molecule has 0 saturated heterocycles. The molecule has 72 valence electrons. The summed E-state index contributed by atoms with van der Waals surface area (Å²) in [6.45, 7) is 2.08. The number of hydrogen-bond acceptors (Lipinski definition) is 3. The molecular weight excluding hydrogens is 176 g/mol. The van der Waals surface area contributed by atoms with Gasteiger partial charge >= 0.3 is 0 Å². The third-order valence-corrected chi connectivity index (χ3v) is 2.21. The summed E-state index contributed by atoms with van der Waals surface area (Å²) in [7, 11) is 1.77. The maximum Gasteiger partial charge on any atom is 0.181 e. The SMILES string of the molecule is CC(c1ccccc1)c1nnn(C)n1. The number of rotatable bonds is 2. The van der Waals surface area contributed by atoms with Crippen molar-refractivity contribution >= 4 is 0 Å². The average molecular weight is 188 g/mol. The van der Waals surface area contributed by atoms with E-state index in [-0.39, 0.29) is 5.92 Å². The summed E-state index contributed by atoms with van der Waals surface area (Å²) < 4.78 is 0. The smallest absolute Gasteiger partial charge is 0.167 e. The van der Waals surface area contributed by atoms with Gasteiger partial charge in [-0.1, -0.05) is 37.3 Å². The highest BCUT2D eigenvalue weighted by atomic mass is 15.6. The van der Waals surface area contributed by atoms with Crippen LogP contribution in [0.15, 0.2) is 30.3 Å². The molecule has 14 heavy (non-hydrogen) atoms. The Labute approximate surface area is 82.6 Å². The lowest BCUT2D eigenvalue weighted by atomic mass is 10.0. The zero-order valence-corrected chi connectivity index (χ0v) is 8.25. The van der Waals surface area contributed by atoms with E-state index in [4.69, 9.17) is 0 Å². The van der Waals surface area contributed by atoms with E-state index < -0.39 is 0 Å². The third kappa shape index (κ3) is 1.64. The van der Waals surface area contributed by atoms with Crippen LogP contribution >= 0.6 is 0 Å². The van der Waals surface area contributed by atoms with E-state index in [1.807, 2.05) is 18.2 Å². The van der Waals surface area contributed by atoms with Gasteiger partial charge in [-0.05, 0) is 10.8 Å². The summed E-state index contributed by atoms with van der Waals surface area (Å²) in [5.74, 6) is 0.962. The molecule has 1 atom stereocenters. The molecule has 1 heterocycles. The Morgan fingerprint density at radius 1 is 1.21 bits per heavy atom. The average Bonchev–Trinajstić information content (AvgIpc) is 2.65. The maximum absolute atomic E-state index is 4.18. The highest BCUT2D eigenvalue weighted by molar-refractivity contribution is 5.23. The zero-order chi connectivity index (χ0) is 9.97. The van der Waals surface area contributed by atoms with E-state index in [1.54, 1.807) is 7.05 Å². The van der Waals surface area contributed by atoms with Crippen LogP contribution in [0.4, 0.5) is 0 Å². The van der Waals surface area contributed by atoms with Gasteiger partial charge < -0.3 is 0 Å². The Balaban J connectivity index is 2.29. The van der Waals surface area contributed by atoms with Crippen LogP contribution in [0, 0.1) is 0 Å². The molecular formula is C10H12N4. The van der Waals surface area contributed by atoms with Crippen molar-refractivity contribution in [2.24, 2.45) is 7.05 Å². The van der Waals surface area contributed by atoms with Crippen molar-refractivity contribution in [1.29, 1.82) is 0 Å². The standard InChI is InChI=1S/C10H12N4/c1-8(9-6-4-3-5-7-9)10-11-13-14(2)12-10/h3-8H,1-2H3. The molecule has 0 spiro atoms. The Bertz CT molecular complexity index is 407. The summed E-state index contributed by atoms with van der Waals surface area (Å²) in [6.07, 6.45) is 0. The van der Waals surface area contributed by atoms with Crippen LogP contribution < -0.4 is 0 Å². The Morgan fingerprint density at radius 3 is 2.50 bits per heavy atom. The summed E-state index contributed by atoms with van der Waals surface area (Å²) in [6, 6.07) is 10.2. The van der Waals surface area contributed by atoms with Crippen LogP contribution in [0.25, 0.3) is 0 Å². The summed E-state index contributed by atoms with van der Waals surface area (Å²) in [5, 5.41) is 12.0. The zero-order valence-electron chi connectivity index (χ0n) is 8.25. The topological polar surface area (TPSA) is 43.6 Å². The minimum Gasteiger partial charge on any atom is -0.167 e. The summed E-state index contributed by atoms with van der Waals surface area (Å²) >= 11 is 0. The molecule has 0 saturated carbocycles. The number of nitrogens with zero attached hydrogens (tertiary/aromatic N) is 4. The van der Waals surface area contributed by atoms with Gasteiger partial charge in [-0.3, -0.25) is 0 Å². The molecule has 4 heteroatoms. The van der Waals surface area contributed by atoms with Gasteiger partial charge in [0.1, 0.15) is 0 Å². The molecule has 0 N–H and O–H groups in total. The quantitative estimate of drug-likeness (QED) is 0.714. The van der Waals surface area contributed by atoms with E-state index in [2.05, 4.69) is 34.5 Å². The molecule has 0 aliphatic rings. The number of tetrazole rings is 1. The van der Waals surface area contributed by atoms with Crippen molar-refractivity contribution in [3.8, 4) is 0 Å². The Hall–Kier alpha value is -1.71. The molecule has 0 aliphatic heterocycles. The first-order chi connectivity index (χ1) is 6.77. The van der Waals surface area contributed by atoms with Crippen molar-refractivity contribution in [3.63, 3.8) is 0 Å². The van der Waals surface area contributed by atoms with E-state index in [0.29, 0.717) is 0 Å². The molecule has 0 amide bonds. The number of aryl methyl sites for hydroxylation is 1. The second-order valence-electron chi connectivity index (χ2n) is 3.27. The highest BCUT2D eigenvalue weighted by Crippen LogP contribution is 2.19. The number of aromatic nitrogens is 4. The van der Waals surface area contributed by atoms with E-state index in [0.717, 1.165) is 5.82 Å². The monoisotopic (exact) mass is 188 g/mol. The van der Waals surface area contributed by atoms with Crippen LogP contribution in [-0.4, -0.2) is 20.2 Å². The second-order valence-corrected chi connectivity index (χ2v) is 3.27. The first-order valence-electron chi connectivity index (χ1n) is 4.56. The van der Waals surface area contributed by atoms with E-state index in [9.17, 15) is 0 Å². The Kier molecular flexibility index (Phi) is 2.26. The predicted molar refractivity (Wildman–Crippen MR) is 52.8 cm³/mol. The molecule has 0 aliphatic carbocycles. The molecule has 4 nitrogen and oxygen atoms in total. The van der Waals surface area contributed by atoms with Gasteiger partial charge in [-0.25, -0.2) is 0 Å². The fourth-order valence-electron chi connectivity index (χ4n) is 1.36. The van der Waals surface area contributed by atoms with Crippen LogP contribution in [0.2, 0.25) is 0 Å². The molecule has 1 aromatic carbocycles. The van der Waals surface area contributed by atoms with Gasteiger partial charge in [-0.15, -0.1) is 10.2 Å². The van der Waals surface area contributed by atoms with Crippen molar-refractivity contribution in [1.82, 2.24) is 20.2 Å². The van der Waals surface area contributed by atoms with Gasteiger partial charge in [0.05, 0.1) is 7.05 Å². The van der Waals surface area contributed by atoms with Gasteiger partial charge in [-0.2, -0.15) is 4.80 Å². The largest absolute Gasteiger partial charge is 0.181 e. The van der Waals surface area contributed by atoms with Crippen molar-refractivity contribution in [3.05, 3.63) is 41.7 Å². The maximum atomic E-state index is 4.18. The van der Waals surface area contributed by atoms with E-state index >= 15 is 0 Å². The van der Waals surface area contributed by atoms with Crippen LogP contribution in [0.3, 0.4) is 0 Å². The number of hydrogen-bond donors (Lipinski definition) is 0. The molecule has 1 aromatic heterocycles. The van der Waals surface area contributed by atoms with Crippen molar-refractivity contribution in [2.45, 2.75) is 12.8 Å². The Morgan fingerprint density at radius 2 is 1.93 bits per heavy atom. The third-order valence-electron chi connectivity index (χ3n) is 2.21. The molecule has 2 rings (SSSR count). The number of benzene rings is 1. The summed E-state index contributed by atoms with van der Waals surface area (Å²) in [4.78, 5) is 1.48. The first kappa shape index (κ1) is 8.87. The van der Waals surface area contributed by atoms with Gasteiger partial charge in [0.2, 0.25) is 0 Å². The van der Waals surface area contributed by atoms with Gasteiger partial charge in [0.25, 0.3) is 0 Å². The lowest BCUT2D eigenvalue weighted by molar-refractivity contribution is 0.626. The van der Waals surface area contributed by atoms with Gasteiger partial charge in [0, 0.05) is 5.92 Å². The minimum atomic E-state index is 0.199. The summed E-state index contributed by atoms with van der Waals surface area (Å²) in [5.41, 5.74) is 1.21. The fraction of sp³-hybridized carbons (Fsp3) is 0.300. The van der Waals surface area contributed by atoms with E-state index in [1.165, 1.54) is 10.4 Å². The van der Waals surface area contributed by atoms with Crippen molar-refractivity contribution < 1.29 is 0 Å². The van der Waals surface area contributed by atoms with Crippen LogP contribution in [0.1, 0.15) is 24.2 Å². The molecule has 1 unspecified atom stereocenters. The lowest BCUT2D eigenvalue weighted by Crippen LogP contribution is -1.99. The van der Waals surface area contributed by atoms with Crippen LogP contribution in [0.5, 0.6) is 0 Å². The molecule has 0 radical (unpaired) electrons. The minimum absolute atomic E-state index is 0.199. The highest BCUT2D eigenvalue weighted by Gasteiger charge is 2.12. The first-order valence-corrected chi connectivity index (χ1v) is 4.56. The van der Waals surface area contributed by atoms with Crippen molar-refractivity contribution in [2.75, 3.05) is 0 Å². The lowest BCUT2D eigenvalue weighted by Gasteiger charge is -2.05.